The number of quaternary nitrogens is 2. The van der Waals surface area contributed by atoms with Gasteiger partial charge in [-0.2, -0.15) is 0 Å². The molecule has 0 saturated heterocycles. The second-order valence-corrected chi connectivity index (χ2v) is 18.8. The maximum atomic E-state index is 6.14. The zero-order valence-electron chi connectivity index (χ0n) is 38.4. The van der Waals surface area contributed by atoms with Gasteiger partial charge in [0.1, 0.15) is 0 Å². The van der Waals surface area contributed by atoms with E-state index in [1.165, 1.54) is 241 Å². The van der Waals surface area contributed by atoms with Gasteiger partial charge in [0.2, 0.25) is 0 Å². The lowest BCUT2D eigenvalue weighted by Gasteiger charge is -2.39. The Morgan fingerprint density at radius 3 is 0.833 bits per heavy atom. The Bertz CT molecular complexity index is 744. The Balaban J connectivity index is 4.33. The maximum Gasteiger partial charge on any atom is 0.0822 e. The number of nitrogens with two attached hydrogens (primary N) is 2. The van der Waals surface area contributed by atoms with Gasteiger partial charge in [0.15, 0.2) is 0 Å². The number of hydrogen-bond donors (Lipinski definition) is 2. The van der Waals surface area contributed by atoms with Crippen molar-refractivity contribution in [1.82, 2.24) is 0 Å². The van der Waals surface area contributed by atoms with Gasteiger partial charge in [0, 0.05) is 37.8 Å². The molecule has 0 rings (SSSR count). The molecule has 0 aromatic rings. The molecule has 0 amide bonds. The van der Waals surface area contributed by atoms with Crippen LogP contribution < -0.4 is 11.5 Å². The van der Waals surface area contributed by atoms with Crippen molar-refractivity contribution in [1.29, 1.82) is 0 Å². The molecule has 0 bridgehead atoms. The third kappa shape index (κ3) is 35.7. The Morgan fingerprint density at radius 1 is 0.352 bits per heavy atom. The molecule has 4 atom stereocenters. The number of allylic oxidation sites excluding steroid dienone is 4. The van der Waals surface area contributed by atoms with Crippen LogP contribution in [0.4, 0.5) is 0 Å². The lowest BCUT2D eigenvalue weighted by molar-refractivity contribution is -0.918. The van der Waals surface area contributed by atoms with Crippen molar-refractivity contribution < 1.29 is 8.97 Å². The van der Waals surface area contributed by atoms with Gasteiger partial charge in [-0.05, 0) is 77.0 Å². The van der Waals surface area contributed by atoms with Crippen molar-refractivity contribution in [3.8, 4) is 0 Å². The summed E-state index contributed by atoms with van der Waals surface area (Å²) in [4.78, 5) is 0. The largest absolute Gasteiger partial charge is 0.330 e. The minimum atomic E-state index is 0.599. The van der Waals surface area contributed by atoms with E-state index in [9.17, 15) is 0 Å². The van der Waals surface area contributed by atoms with Gasteiger partial charge in [-0.3, -0.25) is 0 Å². The van der Waals surface area contributed by atoms with E-state index in [0.29, 0.717) is 11.8 Å². The molecule has 0 aromatic heterocycles. The van der Waals surface area contributed by atoms with Crippen molar-refractivity contribution in [2.75, 3.05) is 66.5 Å². The Labute approximate surface area is 342 Å². The SMILES string of the molecule is CCCCCCCCC=CCCCCCCCC[N+](C)(CCCC[N+](C)(CCCCCCCCC=CCCCCCCCC)CC(C)CN)CC(C)CN. The maximum absolute atomic E-state index is 6.14. The molecule has 54 heavy (non-hydrogen) atoms. The average molecular weight is 761 g/mol. The lowest BCUT2D eigenvalue weighted by Crippen LogP contribution is -2.51. The minimum Gasteiger partial charge on any atom is -0.330 e. The summed E-state index contributed by atoms with van der Waals surface area (Å²) < 4.78 is 2.42. The summed E-state index contributed by atoms with van der Waals surface area (Å²) >= 11 is 0. The molecule has 322 valence electrons. The summed E-state index contributed by atoms with van der Waals surface area (Å²) in [5.74, 6) is 1.20. The standard InChI is InChI=1S/C50H104N4/c1-7-9-11-13-15-17-19-21-23-25-27-29-31-33-35-37-41-53(5,47-49(3)45-51)43-39-40-44-54(6,48-50(4)46-52)42-38-36-34-32-30-28-26-24-22-20-18-16-14-12-10-8-2/h21-24,49-50H,7-20,25-48,51-52H2,1-6H3/q+2. The van der Waals surface area contributed by atoms with Gasteiger partial charge in [0.25, 0.3) is 0 Å². The van der Waals surface area contributed by atoms with Crippen LogP contribution in [0.2, 0.25) is 0 Å². The van der Waals surface area contributed by atoms with Crippen LogP contribution in [-0.4, -0.2) is 75.4 Å². The predicted molar refractivity (Wildman–Crippen MR) is 246 cm³/mol. The highest BCUT2D eigenvalue weighted by atomic mass is 15.3. The number of hydrogen-bond acceptors (Lipinski definition) is 2. The fourth-order valence-electron chi connectivity index (χ4n) is 8.71. The smallest absolute Gasteiger partial charge is 0.0822 e. The molecule has 0 fully saturated rings. The summed E-state index contributed by atoms with van der Waals surface area (Å²) in [5.41, 5.74) is 12.3. The first-order chi connectivity index (χ1) is 26.2. The molecule has 4 unspecified atom stereocenters. The molecule has 4 nitrogen and oxygen atoms in total. The van der Waals surface area contributed by atoms with E-state index in [-0.39, 0.29) is 0 Å². The first-order valence-corrected chi connectivity index (χ1v) is 24.6. The summed E-state index contributed by atoms with van der Waals surface area (Å²) in [6, 6.07) is 0. The van der Waals surface area contributed by atoms with Crippen LogP contribution in [0.15, 0.2) is 24.3 Å². The van der Waals surface area contributed by atoms with Crippen molar-refractivity contribution in [2.24, 2.45) is 23.3 Å². The molecule has 0 spiro atoms. The van der Waals surface area contributed by atoms with Crippen LogP contribution in [0.3, 0.4) is 0 Å². The number of unbranched alkanes of at least 4 members (excludes halogenated alkanes) is 25. The second-order valence-electron chi connectivity index (χ2n) is 18.8. The molecule has 0 aliphatic carbocycles. The molecule has 0 heterocycles. The molecule has 0 aliphatic heterocycles. The van der Waals surface area contributed by atoms with Crippen LogP contribution in [0, 0.1) is 11.8 Å². The zero-order valence-corrected chi connectivity index (χ0v) is 38.4. The van der Waals surface area contributed by atoms with Crippen molar-refractivity contribution >= 4 is 0 Å². The van der Waals surface area contributed by atoms with Gasteiger partial charge >= 0.3 is 0 Å². The predicted octanol–water partition coefficient (Wildman–Crippen LogP) is 13.9. The monoisotopic (exact) mass is 761 g/mol. The Hall–Kier alpha value is -0.680. The highest BCUT2D eigenvalue weighted by molar-refractivity contribution is 4.82. The Kier molecular flexibility index (Phi) is 38.7. The number of nitrogens with zero attached hydrogens (tertiary/aromatic N) is 2. The molecule has 0 radical (unpaired) electrons. The third-order valence-corrected chi connectivity index (χ3v) is 12.4. The summed E-state index contributed by atoms with van der Waals surface area (Å²) in [7, 11) is 5.06. The van der Waals surface area contributed by atoms with Crippen LogP contribution >= 0.6 is 0 Å². The Morgan fingerprint density at radius 2 is 0.574 bits per heavy atom. The van der Waals surface area contributed by atoms with E-state index in [1.807, 2.05) is 0 Å². The van der Waals surface area contributed by atoms with E-state index in [0.717, 1.165) is 13.1 Å². The lowest BCUT2D eigenvalue weighted by atomic mass is 10.1. The van der Waals surface area contributed by atoms with Gasteiger partial charge in [-0.25, -0.2) is 0 Å². The minimum absolute atomic E-state index is 0.599. The summed E-state index contributed by atoms with van der Waals surface area (Å²) in [6.07, 6.45) is 51.1. The quantitative estimate of drug-likeness (QED) is 0.0369. The van der Waals surface area contributed by atoms with Crippen molar-refractivity contribution in [3.05, 3.63) is 24.3 Å². The summed E-state index contributed by atoms with van der Waals surface area (Å²) in [5, 5.41) is 0. The van der Waals surface area contributed by atoms with Crippen LogP contribution in [0.1, 0.15) is 220 Å². The summed E-state index contributed by atoms with van der Waals surface area (Å²) in [6.45, 7) is 18.6. The zero-order chi connectivity index (χ0) is 39.9. The fraction of sp³-hybridized carbons (Fsp3) is 0.920. The van der Waals surface area contributed by atoms with E-state index in [4.69, 9.17) is 11.5 Å². The fourth-order valence-corrected chi connectivity index (χ4v) is 8.71. The van der Waals surface area contributed by atoms with E-state index < -0.39 is 0 Å². The van der Waals surface area contributed by atoms with Gasteiger partial charge < -0.3 is 20.4 Å². The van der Waals surface area contributed by atoms with E-state index in [1.54, 1.807) is 0 Å². The van der Waals surface area contributed by atoms with Crippen LogP contribution in [0.25, 0.3) is 0 Å². The van der Waals surface area contributed by atoms with Crippen LogP contribution in [0.5, 0.6) is 0 Å². The van der Waals surface area contributed by atoms with Crippen LogP contribution in [-0.2, 0) is 0 Å². The first-order valence-electron chi connectivity index (χ1n) is 24.6. The van der Waals surface area contributed by atoms with Gasteiger partial charge in [-0.1, -0.05) is 155 Å². The first kappa shape index (κ1) is 53.3. The number of rotatable bonds is 43. The molecule has 0 saturated carbocycles. The normalized spacial score (nSPS) is 15.6. The topological polar surface area (TPSA) is 52.0 Å². The molecule has 0 aromatic carbocycles. The van der Waals surface area contributed by atoms with Crippen molar-refractivity contribution in [3.63, 3.8) is 0 Å². The highest BCUT2D eigenvalue weighted by Crippen LogP contribution is 2.19. The van der Waals surface area contributed by atoms with Gasteiger partial charge in [0.05, 0.1) is 53.4 Å². The third-order valence-electron chi connectivity index (χ3n) is 12.4. The molecule has 4 heteroatoms. The van der Waals surface area contributed by atoms with Crippen molar-refractivity contribution in [2.45, 2.75) is 220 Å². The molecule has 4 N–H and O–H groups in total. The molecular weight excluding hydrogens is 657 g/mol. The van der Waals surface area contributed by atoms with E-state index in [2.05, 4.69) is 66.1 Å². The molecule has 0 aliphatic rings. The van der Waals surface area contributed by atoms with Gasteiger partial charge in [-0.15, -0.1) is 0 Å². The van der Waals surface area contributed by atoms with E-state index >= 15 is 0 Å². The second kappa shape index (κ2) is 39.2. The molecular formula is C50H104N4+2. The average Bonchev–Trinajstić information content (AvgIpc) is 3.16. The highest BCUT2D eigenvalue weighted by Gasteiger charge is 2.26.